The summed E-state index contributed by atoms with van der Waals surface area (Å²) in [6, 6.07) is 16.3. The molecule has 0 saturated carbocycles. The van der Waals surface area contributed by atoms with E-state index in [0.717, 1.165) is 18.1 Å². The van der Waals surface area contributed by atoms with Crippen LogP contribution in [0.2, 0.25) is 0 Å². The van der Waals surface area contributed by atoms with Crippen LogP contribution >= 0.6 is 0 Å². The predicted octanol–water partition coefficient (Wildman–Crippen LogP) is 2.18. The number of benzene rings is 1. The van der Waals surface area contributed by atoms with Gasteiger partial charge in [0.1, 0.15) is 5.82 Å². The molecule has 88 valence electrons. The third kappa shape index (κ3) is 3.04. The normalized spacial score (nSPS) is 10.2. The minimum Gasteiger partial charge on any atom is -0.355 e. The summed E-state index contributed by atoms with van der Waals surface area (Å²) in [6.45, 7) is 1.33. The number of aromatic nitrogens is 1. The third-order valence-corrected chi connectivity index (χ3v) is 2.65. The van der Waals surface area contributed by atoms with Crippen LogP contribution < -0.4 is 10.6 Å². The first-order valence-electron chi connectivity index (χ1n) is 5.70. The van der Waals surface area contributed by atoms with E-state index in [1.165, 1.54) is 5.56 Å². The molecule has 17 heavy (non-hydrogen) atoms. The van der Waals surface area contributed by atoms with Crippen LogP contribution in [0.4, 0.5) is 5.82 Å². The van der Waals surface area contributed by atoms with E-state index >= 15 is 0 Å². The van der Waals surface area contributed by atoms with Crippen LogP contribution in [0, 0.1) is 0 Å². The molecule has 0 aliphatic carbocycles. The Balaban J connectivity index is 2.11. The molecule has 0 aliphatic rings. The van der Waals surface area contributed by atoms with E-state index < -0.39 is 0 Å². The topological polar surface area (TPSA) is 42.1 Å². The average Bonchev–Trinajstić information content (AvgIpc) is 2.40. The summed E-state index contributed by atoms with van der Waals surface area (Å²) in [7, 11) is 2.04. The van der Waals surface area contributed by atoms with Crippen molar-refractivity contribution in [2.24, 2.45) is 5.73 Å². The fourth-order valence-corrected chi connectivity index (χ4v) is 1.73. The van der Waals surface area contributed by atoms with Crippen LogP contribution in [0.25, 0.3) is 0 Å². The molecule has 0 radical (unpaired) electrons. The molecular weight excluding hydrogens is 210 g/mol. The van der Waals surface area contributed by atoms with Crippen molar-refractivity contribution < 1.29 is 0 Å². The summed E-state index contributed by atoms with van der Waals surface area (Å²) in [5.74, 6) is 0.955. The van der Waals surface area contributed by atoms with Gasteiger partial charge in [-0.2, -0.15) is 0 Å². The Labute approximate surface area is 102 Å². The minimum atomic E-state index is 0.479. The van der Waals surface area contributed by atoms with Gasteiger partial charge in [-0.3, -0.25) is 0 Å². The second-order valence-corrected chi connectivity index (χ2v) is 4.03. The van der Waals surface area contributed by atoms with Crippen molar-refractivity contribution in [2.45, 2.75) is 13.1 Å². The highest BCUT2D eigenvalue weighted by Gasteiger charge is 2.03. The molecule has 1 aromatic heterocycles. The maximum absolute atomic E-state index is 5.59. The third-order valence-electron chi connectivity index (χ3n) is 2.65. The van der Waals surface area contributed by atoms with Crippen LogP contribution in [0.15, 0.2) is 48.5 Å². The van der Waals surface area contributed by atoms with Gasteiger partial charge in [-0.25, -0.2) is 4.98 Å². The van der Waals surface area contributed by atoms with E-state index in [0.29, 0.717) is 6.54 Å². The molecule has 0 amide bonds. The van der Waals surface area contributed by atoms with Crippen molar-refractivity contribution >= 4 is 5.82 Å². The molecule has 0 atom stereocenters. The summed E-state index contributed by atoms with van der Waals surface area (Å²) < 4.78 is 0. The first kappa shape index (κ1) is 11.6. The van der Waals surface area contributed by atoms with Crippen molar-refractivity contribution in [3.63, 3.8) is 0 Å². The number of rotatable bonds is 4. The number of nitrogens with two attached hydrogens (primary N) is 1. The number of hydrogen-bond acceptors (Lipinski definition) is 3. The summed E-state index contributed by atoms with van der Waals surface area (Å²) in [4.78, 5) is 6.61. The monoisotopic (exact) mass is 227 g/mol. The van der Waals surface area contributed by atoms with Gasteiger partial charge in [0, 0.05) is 20.1 Å². The largest absolute Gasteiger partial charge is 0.355 e. The van der Waals surface area contributed by atoms with Crippen LogP contribution in [-0.2, 0) is 13.1 Å². The van der Waals surface area contributed by atoms with E-state index in [2.05, 4.69) is 22.0 Å². The van der Waals surface area contributed by atoms with E-state index in [-0.39, 0.29) is 0 Å². The number of hydrogen-bond donors (Lipinski definition) is 1. The molecule has 3 nitrogen and oxygen atoms in total. The number of anilines is 1. The Kier molecular flexibility index (Phi) is 3.73. The Hall–Kier alpha value is -1.87. The molecule has 0 fully saturated rings. The van der Waals surface area contributed by atoms with Gasteiger partial charge in [-0.1, -0.05) is 36.4 Å². The van der Waals surface area contributed by atoms with Crippen LogP contribution in [0.1, 0.15) is 11.3 Å². The molecule has 2 N–H and O–H groups in total. The van der Waals surface area contributed by atoms with Crippen LogP contribution in [0.5, 0.6) is 0 Å². The van der Waals surface area contributed by atoms with Gasteiger partial charge in [-0.15, -0.1) is 0 Å². The number of pyridine rings is 1. The molecule has 1 aromatic carbocycles. The zero-order chi connectivity index (χ0) is 12.1. The highest BCUT2D eigenvalue weighted by Crippen LogP contribution is 2.12. The Morgan fingerprint density at radius 2 is 1.82 bits per heavy atom. The van der Waals surface area contributed by atoms with Gasteiger partial charge >= 0.3 is 0 Å². The Morgan fingerprint density at radius 3 is 2.53 bits per heavy atom. The maximum atomic E-state index is 5.59. The molecule has 3 heteroatoms. The molecule has 0 bridgehead atoms. The van der Waals surface area contributed by atoms with Crippen molar-refractivity contribution in [2.75, 3.05) is 11.9 Å². The molecule has 0 unspecified atom stereocenters. The second-order valence-electron chi connectivity index (χ2n) is 4.03. The lowest BCUT2D eigenvalue weighted by Gasteiger charge is -2.18. The van der Waals surface area contributed by atoms with Gasteiger partial charge < -0.3 is 10.6 Å². The summed E-state index contributed by atoms with van der Waals surface area (Å²) in [5, 5.41) is 0. The van der Waals surface area contributed by atoms with E-state index in [9.17, 15) is 0 Å². The standard InChI is InChI=1S/C14H17N3/c1-17(11-12-6-3-2-4-7-12)14-9-5-8-13(10-15)16-14/h2-9H,10-11,15H2,1H3. The second kappa shape index (κ2) is 5.46. The predicted molar refractivity (Wildman–Crippen MR) is 70.7 cm³/mol. The molecule has 0 saturated heterocycles. The zero-order valence-electron chi connectivity index (χ0n) is 10.0. The highest BCUT2D eigenvalue weighted by molar-refractivity contribution is 5.39. The van der Waals surface area contributed by atoms with Crippen molar-refractivity contribution in [1.82, 2.24) is 4.98 Å². The van der Waals surface area contributed by atoms with Gasteiger partial charge in [0.05, 0.1) is 5.69 Å². The quantitative estimate of drug-likeness (QED) is 0.870. The molecule has 2 aromatic rings. The van der Waals surface area contributed by atoms with Gasteiger partial charge in [0.25, 0.3) is 0 Å². The smallest absolute Gasteiger partial charge is 0.128 e. The fraction of sp³-hybridized carbons (Fsp3) is 0.214. The SMILES string of the molecule is CN(Cc1ccccc1)c1cccc(CN)n1. The lowest BCUT2D eigenvalue weighted by atomic mass is 10.2. The van der Waals surface area contributed by atoms with E-state index in [1.54, 1.807) is 0 Å². The summed E-state index contributed by atoms with van der Waals surface area (Å²) >= 11 is 0. The fourth-order valence-electron chi connectivity index (χ4n) is 1.73. The lowest BCUT2D eigenvalue weighted by Crippen LogP contribution is -2.18. The van der Waals surface area contributed by atoms with E-state index in [1.807, 2.05) is 43.4 Å². The minimum absolute atomic E-state index is 0.479. The Morgan fingerprint density at radius 1 is 1.06 bits per heavy atom. The van der Waals surface area contributed by atoms with Crippen LogP contribution in [0.3, 0.4) is 0 Å². The van der Waals surface area contributed by atoms with Gasteiger partial charge in [0.2, 0.25) is 0 Å². The van der Waals surface area contributed by atoms with Crippen LogP contribution in [-0.4, -0.2) is 12.0 Å². The Bertz CT molecular complexity index is 468. The summed E-state index contributed by atoms with van der Waals surface area (Å²) in [5.41, 5.74) is 7.78. The van der Waals surface area contributed by atoms with Crippen molar-refractivity contribution in [3.05, 3.63) is 59.8 Å². The van der Waals surface area contributed by atoms with Crippen molar-refractivity contribution in [1.29, 1.82) is 0 Å². The molecule has 0 aliphatic heterocycles. The van der Waals surface area contributed by atoms with Crippen molar-refractivity contribution in [3.8, 4) is 0 Å². The first-order valence-corrected chi connectivity index (χ1v) is 5.70. The lowest BCUT2D eigenvalue weighted by molar-refractivity contribution is 0.878. The maximum Gasteiger partial charge on any atom is 0.128 e. The molecule has 1 heterocycles. The first-order chi connectivity index (χ1) is 8.29. The van der Waals surface area contributed by atoms with Gasteiger partial charge in [-0.05, 0) is 17.7 Å². The highest BCUT2D eigenvalue weighted by atomic mass is 15.2. The molecule has 0 spiro atoms. The zero-order valence-corrected chi connectivity index (χ0v) is 10.0. The van der Waals surface area contributed by atoms with E-state index in [4.69, 9.17) is 5.73 Å². The molecular formula is C14H17N3. The van der Waals surface area contributed by atoms with Gasteiger partial charge in [0.15, 0.2) is 0 Å². The average molecular weight is 227 g/mol. The number of nitrogens with zero attached hydrogens (tertiary/aromatic N) is 2. The molecule has 2 rings (SSSR count). The summed E-state index contributed by atoms with van der Waals surface area (Å²) in [6.07, 6.45) is 0.